The Morgan fingerprint density at radius 1 is 1.24 bits per heavy atom. The van der Waals surface area contributed by atoms with Gasteiger partial charge in [0, 0.05) is 9.75 Å². The van der Waals surface area contributed by atoms with Gasteiger partial charge in [-0.3, -0.25) is 0 Å². The molecule has 0 atom stereocenters. The fourth-order valence-electron chi connectivity index (χ4n) is 1.72. The summed E-state index contributed by atoms with van der Waals surface area (Å²) >= 11 is 1.83. The van der Waals surface area contributed by atoms with Gasteiger partial charge in [0.2, 0.25) is 0 Å². The van der Waals surface area contributed by atoms with Crippen LogP contribution in [0.2, 0.25) is 0 Å². The van der Waals surface area contributed by atoms with E-state index in [-0.39, 0.29) is 0 Å². The lowest BCUT2D eigenvalue weighted by atomic mass is 10.2. The van der Waals surface area contributed by atoms with Crippen LogP contribution < -0.4 is 10.5 Å². The van der Waals surface area contributed by atoms with Gasteiger partial charge >= 0.3 is 0 Å². The molecule has 0 aliphatic rings. The van der Waals surface area contributed by atoms with Gasteiger partial charge in [-0.05, 0) is 49.2 Å². The summed E-state index contributed by atoms with van der Waals surface area (Å²) < 4.78 is 5.24. The van der Waals surface area contributed by atoms with Crippen LogP contribution in [0.5, 0.6) is 5.75 Å². The summed E-state index contributed by atoms with van der Waals surface area (Å²) in [6.07, 6.45) is 2.13. The highest BCUT2D eigenvalue weighted by Gasteiger charge is 2.03. The SMILES string of the molecule is COc1cccc(-c2ccc(CCCN)s2)c1. The average Bonchev–Trinajstić information content (AvgIpc) is 2.85. The molecule has 1 heterocycles. The Labute approximate surface area is 106 Å². The first-order valence-corrected chi connectivity index (χ1v) is 6.58. The number of hydrogen-bond acceptors (Lipinski definition) is 3. The number of aryl methyl sites for hydroxylation is 1. The maximum atomic E-state index is 5.52. The molecule has 0 saturated heterocycles. The van der Waals surface area contributed by atoms with Gasteiger partial charge in [0.05, 0.1) is 7.11 Å². The number of hydrogen-bond donors (Lipinski definition) is 1. The van der Waals surface area contributed by atoms with E-state index in [9.17, 15) is 0 Å². The minimum Gasteiger partial charge on any atom is -0.497 e. The van der Waals surface area contributed by atoms with Crippen molar-refractivity contribution in [3.05, 3.63) is 41.3 Å². The van der Waals surface area contributed by atoms with E-state index in [1.165, 1.54) is 15.3 Å². The topological polar surface area (TPSA) is 35.2 Å². The molecular formula is C14H17NOS. The number of nitrogens with two attached hydrogens (primary N) is 1. The predicted octanol–water partition coefficient (Wildman–Crippen LogP) is 3.32. The summed E-state index contributed by atoms with van der Waals surface area (Å²) in [6, 6.07) is 12.5. The second-order valence-electron chi connectivity index (χ2n) is 3.89. The van der Waals surface area contributed by atoms with Crippen LogP contribution in [0.15, 0.2) is 36.4 Å². The van der Waals surface area contributed by atoms with Crippen LogP contribution >= 0.6 is 11.3 Å². The Balaban J connectivity index is 2.18. The van der Waals surface area contributed by atoms with Gasteiger partial charge in [-0.2, -0.15) is 0 Å². The van der Waals surface area contributed by atoms with E-state index in [0.717, 1.165) is 25.1 Å². The lowest BCUT2D eigenvalue weighted by Crippen LogP contribution is -1.99. The van der Waals surface area contributed by atoms with Crippen molar-refractivity contribution >= 4 is 11.3 Å². The van der Waals surface area contributed by atoms with Crippen molar-refractivity contribution in [1.29, 1.82) is 0 Å². The molecule has 0 aliphatic carbocycles. The zero-order chi connectivity index (χ0) is 12.1. The monoisotopic (exact) mass is 247 g/mol. The molecule has 0 fully saturated rings. The molecule has 1 aromatic heterocycles. The Kier molecular flexibility index (Phi) is 4.18. The first-order valence-electron chi connectivity index (χ1n) is 5.76. The summed E-state index contributed by atoms with van der Waals surface area (Å²) in [5, 5.41) is 0. The minimum atomic E-state index is 0.756. The van der Waals surface area contributed by atoms with E-state index in [4.69, 9.17) is 10.5 Å². The Morgan fingerprint density at radius 2 is 2.12 bits per heavy atom. The van der Waals surface area contributed by atoms with Gasteiger partial charge in [-0.15, -0.1) is 11.3 Å². The summed E-state index contributed by atoms with van der Waals surface area (Å²) in [7, 11) is 1.69. The lowest BCUT2D eigenvalue weighted by molar-refractivity contribution is 0.415. The summed E-state index contributed by atoms with van der Waals surface area (Å²) in [4.78, 5) is 2.68. The van der Waals surface area contributed by atoms with Crippen LogP contribution in [0.25, 0.3) is 10.4 Å². The highest BCUT2D eigenvalue weighted by Crippen LogP contribution is 2.30. The van der Waals surface area contributed by atoms with Crippen LogP contribution in [0.4, 0.5) is 0 Å². The molecule has 2 rings (SSSR count). The van der Waals surface area contributed by atoms with Gasteiger partial charge in [0.25, 0.3) is 0 Å². The standard InChI is InChI=1S/C14H17NOS/c1-16-12-5-2-4-11(10-12)14-8-7-13(17-14)6-3-9-15/h2,4-5,7-8,10H,3,6,9,15H2,1H3. The van der Waals surface area contributed by atoms with Crippen molar-refractivity contribution in [3.63, 3.8) is 0 Å². The van der Waals surface area contributed by atoms with Crippen LogP contribution in [-0.2, 0) is 6.42 Å². The molecule has 0 aliphatic heterocycles. The van der Waals surface area contributed by atoms with Gasteiger partial charge in [-0.1, -0.05) is 12.1 Å². The van der Waals surface area contributed by atoms with Crippen molar-refractivity contribution in [3.8, 4) is 16.2 Å². The fraction of sp³-hybridized carbons (Fsp3) is 0.286. The third kappa shape index (κ3) is 3.08. The Bertz CT molecular complexity index is 479. The molecule has 0 spiro atoms. The number of thiophene rings is 1. The van der Waals surface area contributed by atoms with E-state index >= 15 is 0 Å². The van der Waals surface area contributed by atoms with Crippen LogP contribution in [0, 0.1) is 0 Å². The van der Waals surface area contributed by atoms with E-state index in [0.29, 0.717) is 0 Å². The second kappa shape index (κ2) is 5.84. The number of rotatable bonds is 5. The zero-order valence-electron chi connectivity index (χ0n) is 9.98. The maximum absolute atomic E-state index is 5.52. The molecule has 90 valence electrons. The fourth-order valence-corrected chi connectivity index (χ4v) is 2.77. The summed E-state index contributed by atoms with van der Waals surface area (Å²) in [6.45, 7) is 0.756. The largest absolute Gasteiger partial charge is 0.497 e. The van der Waals surface area contributed by atoms with Crippen molar-refractivity contribution in [2.24, 2.45) is 5.73 Å². The van der Waals surface area contributed by atoms with Crippen molar-refractivity contribution in [2.45, 2.75) is 12.8 Å². The molecule has 0 amide bonds. The number of methoxy groups -OCH3 is 1. The minimum absolute atomic E-state index is 0.756. The molecule has 2 N–H and O–H groups in total. The van der Waals surface area contributed by atoms with Crippen molar-refractivity contribution in [2.75, 3.05) is 13.7 Å². The van der Waals surface area contributed by atoms with E-state index < -0.39 is 0 Å². The third-order valence-corrected chi connectivity index (χ3v) is 3.84. The highest BCUT2D eigenvalue weighted by molar-refractivity contribution is 7.15. The lowest BCUT2D eigenvalue weighted by Gasteiger charge is -2.01. The summed E-state index contributed by atoms with van der Waals surface area (Å²) in [5.74, 6) is 0.902. The van der Waals surface area contributed by atoms with Crippen LogP contribution in [0.1, 0.15) is 11.3 Å². The van der Waals surface area contributed by atoms with Crippen molar-refractivity contribution < 1.29 is 4.74 Å². The molecule has 0 radical (unpaired) electrons. The molecule has 1 aromatic carbocycles. The average molecular weight is 247 g/mol. The van der Waals surface area contributed by atoms with E-state index in [2.05, 4.69) is 24.3 Å². The van der Waals surface area contributed by atoms with E-state index in [1.807, 2.05) is 23.5 Å². The maximum Gasteiger partial charge on any atom is 0.119 e. The normalized spacial score (nSPS) is 10.5. The second-order valence-corrected chi connectivity index (χ2v) is 5.06. The summed E-state index contributed by atoms with van der Waals surface area (Å²) in [5.41, 5.74) is 6.74. The molecule has 2 nitrogen and oxygen atoms in total. The molecule has 2 aromatic rings. The van der Waals surface area contributed by atoms with E-state index in [1.54, 1.807) is 7.11 Å². The van der Waals surface area contributed by atoms with Crippen molar-refractivity contribution in [1.82, 2.24) is 0 Å². The molecule has 3 heteroatoms. The van der Waals surface area contributed by atoms with Crippen LogP contribution in [-0.4, -0.2) is 13.7 Å². The smallest absolute Gasteiger partial charge is 0.119 e. The first-order chi connectivity index (χ1) is 8.33. The van der Waals surface area contributed by atoms with Gasteiger partial charge in [0.15, 0.2) is 0 Å². The number of ether oxygens (including phenoxy) is 1. The number of benzene rings is 1. The third-order valence-electron chi connectivity index (χ3n) is 2.64. The molecule has 0 unspecified atom stereocenters. The van der Waals surface area contributed by atoms with Gasteiger partial charge in [-0.25, -0.2) is 0 Å². The Hall–Kier alpha value is -1.32. The highest BCUT2D eigenvalue weighted by atomic mass is 32.1. The van der Waals surface area contributed by atoms with Gasteiger partial charge < -0.3 is 10.5 Å². The molecule has 17 heavy (non-hydrogen) atoms. The molecular weight excluding hydrogens is 230 g/mol. The van der Waals surface area contributed by atoms with Gasteiger partial charge in [0.1, 0.15) is 5.75 Å². The first kappa shape index (κ1) is 12.1. The molecule has 0 saturated carbocycles. The van der Waals surface area contributed by atoms with Crippen LogP contribution in [0.3, 0.4) is 0 Å². The quantitative estimate of drug-likeness (QED) is 0.879. The Morgan fingerprint density at radius 3 is 2.88 bits per heavy atom. The zero-order valence-corrected chi connectivity index (χ0v) is 10.8. The predicted molar refractivity (Wildman–Crippen MR) is 73.7 cm³/mol. The molecule has 0 bridgehead atoms.